The van der Waals surface area contributed by atoms with E-state index in [0.717, 1.165) is 12.1 Å². The third-order valence-electron chi connectivity index (χ3n) is 2.79. The lowest BCUT2D eigenvalue weighted by atomic mass is 10.1. The molecule has 1 aromatic rings. The van der Waals surface area contributed by atoms with E-state index in [1.54, 1.807) is 12.1 Å². The van der Waals surface area contributed by atoms with Crippen LogP contribution in [0.1, 0.15) is 16.8 Å². The molecule has 2 rings (SSSR count). The van der Waals surface area contributed by atoms with Crippen molar-refractivity contribution in [2.45, 2.75) is 12.5 Å². The van der Waals surface area contributed by atoms with Crippen molar-refractivity contribution in [2.24, 2.45) is 0 Å². The molecule has 18 heavy (non-hydrogen) atoms. The number of hydrogen-bond donors (Lipinski definition) is 2. The first-order valence-electron chi connectivity index (χ1n) is 5.67. The minimum atomic E-state index is -0.429. The van der Waals surface area contributed by atoms with Gasteiger partial charge < -0.3 is 20.5 Å². The predicted molar refractivity (Wildman–Crippen MR) is 69.9 cm³/mol. The van der Waals surface area contributed by atoms with Crippen LogP contribution in [0.5, 0.6) is 5.75 Å². The Hall–Kier alpha value is -2.17. The van der Waals surface area contributed by atoms with Gasteiger partial charge in [0, 0.05) is 0 Å². The van der Waals surface area contributed by atoms with Gasteiger partial charge in [0.05, 0.1) is 24.4 Å². The first-order valence-corrected chi connectivity index (χ1v) is 5.67. The fourth-order valence-electron chi connectivity index (χ4n) is 1.91. The second kappa shape index (κ2) is 5.00. The number of anilines is 2. The minimum Gasteiger partial charge on any atom is -0.489 e. The zero-order valence-corrected chi connectivity index (χ0v) is 10.2. The van der Waals surface area contributed by atoms with Gasteiger partial charge in [-0.2, -0.15) is 0 Å². The molecule has 5 nitrogen and oxygen atoms in total. The summed E-state index contributed by atoms with van der Waals surface area (Å²) < 4.78 is 10.3. The van der Waals surface area contributed by atoms with E-state index >= 15 is 0 Å². The first-order chi connectivity index (χ1) is 8.65. The Morgan fingerprint density at radius 1 is 1.72 bits per heavy atom. The highest BCUT2D eigenvalue weighted by molar-refractivity contribution is 5.93. The summed E-state index contributed by atoms with van der Waals surface area (Å²) >= 11 is 0. The number of carbonyl (C=O) groups excluding carboxylic acids is 1. The Kier molecular flexibility index (Phi) is 3.41. The van der Waals surface area contributed by atoms with Gasteiger partial charge in [0.25, 0.3) is 0 Å². The van der Waals surface area contributed by atoms with Gasteiger partial charge in [-0.05, 0) is 18.6 Å². The Bertz CT molecular complexity index is 485. The number of carbonyl (C=O) groups is 1. The van der Waals surface area contributed by atoms with Crippen molar-refractivity contribution >= 4 is 17.3 Å². The molecule has 0 bridgehead atoms. The predicted octanol–water partition coefficient (Wildman–Crippen LogP) is 1.80. The molecule has 3 N–H and O–H groups in total. The van der Waals surface area contributed by atoms with E-state index < -0.39 is 5.97 Å². The van der Waals surface area contributed by atoms with Crippen molar-refractivity contribution in [1.82, 2.24) is 0 Å². The standard InChI is InChI=1S/C13H16N2O3/c1-3-4-9-7-18-11-6-8(13(16)17-2)5-10(14)12(11)15-9/h3,5-6,9,15H,1,4,7,14H2,2H3. The molecule has 1 aromatic carbocycles. The van der Waals surface area contributed by atoms with Crippen molar-refractivity contribution in [3.8, 4) is 5.75 Å². The number of fused-ring (bicyclic) bond motifs is 1. The molecule has 0 spiro atoms. The highest BCUT2D eigenvalue weighted by Gasteiger charge is 2.22. The fraction of sp³-hybridized carbons (Fsp3) is 0.308. The molecule has 0 aromatic heterocycles. The summed E-state index contributed by atoms with van der Waals surface area (Å²) in [5.74, 6) is 0.150. The summed E-state index contributed by atoms with van der Waals surface area (Å²) in [5.41, 5.74) is 7.50. The summed E-state index contributed by atoms with van der Waals surface area (Å²) in [7, 11) is 1.33. The van der Waals surface area contributed by atoms with Crippen LogP contribution < -0.4 is 15.8 Å². The van der Waals surface area contributed by atoms with E-state index in [-0.39, 0.29) is 6.04 Å². The molecule has 0 amide bonds. The van der Waals surface area contributed by atoms with E-state index in [9.17, 15) is 4.79 Å². The molecule has 0 radical (unpaired) electrons. The molecular formula is C13H16N2O3. The normalized spacial score (nSPS) is 17.1. The summed E-state index contributed by atoms with van der Waals surface area (Å²) in [5, 5.41) is 3.28. The third-order valence-corrected chi connectivity index (χ3v) is 2.79. The van der Waals surface area contributed by atoms with Crippen LogP contribution in [-0.4, -0.2) is 25.7 Å². The maximum Gasteiger partial charge on any atom is 0.338 e. The van der Waals surface area contributed by atoms with Crippen LogP contribution in [0.3, 0.4) is 0 Å². The lowest BCUT2D eigenvalue weighted by Crippen LogP contribution is -2.31. The highest BCUT2D eigenvalue weighted by Crippen LogP contribution is 2.36. The number of benzene rings is 1. The molecule has 1 aliphatic rings. The number of ether oxygens (including phenoxy) is 2. The molecule has 1 aliphatic heterocycles. The summed E-state index contributed by atoms with van der Waals surface area (Å²) in [6.45, 7) is 4.21. The molecule has 0 saturated carbocycles. The fourth-order valence-corrected chi connectivity index (χ4v) is 1.91. The zero-order valence-electron chi connectivity index (χ0n) is 10.2. The van der Waals surface area contributed by atoms with E-state index in [0.29, 0.717) is 23.6 Å². The number of nitrogens with one attached hydrogen (secondary N) is 1. The van der Waals surface area contributed by atoms with Crippen LogP contribution in [0.25, 0.3) is 0 Å². The SMILES string of the molecule is C=CCC1COc2cc(C(=O)OC)cc(N)c2N1. The quantitative estimate of drug-likeness (QED) is 0.485. The smallest absolute Gasteiger partial charge is 0.338 e. The Labute approximate surface area is 106 Å². The molecule has 0 aliphatic carbocycles. The molecule has 1 unspecified atom stereocenters. The van der Waals surface area contributed by atoms with E-state index in [1.807, 2.05) is 6.08 Å². The van der Waals surface area contributed by atoms with E-state index in [2.05, 4.69) is 16.6 Å². The van der Waals surface area contributed by atoms with Gasteiger partial charge in [0.1, 0.15) is 18.0 Å². The van der Waals surface area contributed by atoms with Crippen molar-refractivity contribution in [1.29, 1.82) is 0 Å². The van der Waals surface area contributed by atoms with Crippen LogP contribution >= 0.6 is 0 Å². The van der Waals surface area contributed by atoms with Crippen LogP contribution in [0, 0.1) is 0 Å². The van der Waals surface area contributed by atoms with Crippen molar-refractivity contribution in [3.63, 3.8) is 0 Å². The summed E-state index contributed by atoms with van der Waals surface area (Å²) in [6, 6.07) is 3.37. The van der Waals surface area contributed by atoms with Crippen LogP contribution in [0.2, 0.25) is 0 Å². The van der Waals surface area contributed by atoms with Gasteiger partial charge in [-0.3, -0.25) is 0 Å². The molecule has 0 fully saturated rings. The van der Waals surface area contributed by atoms with Crippen LogP contribution in [0.4, 0.5) is 11.4 Å². The second-order valence-electron chi connectivity index (χ2n) is 4.11. The topological polar surface area (TPSA) is 73.6 Å². The number of hydrogen-bond acceptors (Lipinski definition) is 5. The summed E-state index contributed by atoms with van der Waals surface area (Å²) in [6.07, 6.45) is 2.61. The number of esters is 1. The number of nitrogen functional groups attached to an aromatic ring is 1. The first kappa shape index (κ1) is 12.3. The van der Waals surface area contributed by atoms with Crippen molar-refractivity contribution in [2.75, 3.05) is 24.8 Å². The second-order valence-corrected chi connectivity index (χ2v) is 4.11. The maximum atomic E-state index is 11.5. The lowest BCUT2D eigenvalue weighted by molar-refractivity contribution is 0.0600. The Balaban J connectivity index is 2.31. The molecule has 0 saturated heterocycles. The minimum absolute atomic E-state index is 0.154. The van der Waals surface area contributed by atoms with Gasteiger partial charge in [-0.15, -0.1) is 6.58 Å². The van der Waals surface area contributed by atoms with Gasteiger partial charge >= 0.3 is 5.97 Å². The largest absolute Gasteiger partial charge is 0.489 e. The zero-order chi connectivity index (χ0) is 13.1. The third kappa shape index (κ3) is 2.25. The molecule has 1 atom stereocenters. The number of rotatable bonds is 3. The number of nitrogens with two attached hydrogens (primary N) is 1. The summed E-state index contributed by atoms with van der Waals surface area (Å²) in [4.78, 5) is 11.5. The van der Waals surface area contributed by atoms with Gasteiger partial charge in [-0.25, -0.2) is 4.79 Å². The molecular weight excluding hydrogens is 232 g/mol. The Morgan fingerprint density at radius 3 is 3.17 bits per heavy atom. The number of methoxy groups -OCH3 is 1. The van der Waals surface area contributed by atoms with E-state index in [1.165, 1.54) is 7.11 Å². The maximum absolute atomic E-state index is 11.5. The highest BCUT2D eigenvalue weighted by atomic mass is 16.5. The van der Waals surface area contributed by atoms with Crippen molar-refractivity contribution < 1.29 is 14.3 Å². The van der Waals surface area contributed by atoms with Crippen molar-refractivity contribution in [3.05, 3.63) is 30.4 Å². The average molecular weight is 248 g/mol. The van der Waals surface area contributed by atoms with E-state index in [4.69, 9.17) is 10.5 Å². The monoisotopic (exact) mass is 248 g/mol. The average Bonchev–Trinajstić information content (AvgIpc) is 2.38. The van der Waals surface area contributed by atoms with Gasteiger partial charge in [-0.1, -0.05) is 6.08 Å². The molecule has 96 valence electrons. The Morgan fingerprint density at radius 2 is 2.50 bits per heavy atom. The molecule has 1 heterocycles. The molecule has 5 heteroatoms. The van der Waals surface area contributed by atoms with Crippen LogP contribution in [0.15, 0.2) is 24.8 Å². The van der Waals surface area contributed by atoms with Gasteiger partial charge in [0.15, 0.2) is 0 Å². The lowest BCUT2D eigenvalue weighted by Gasteiger charge is -2.28. The van der Waals surface area contributed by atoms with Gasteiger partial charge in [0.2, 0.25) is 0 Å². The van der Waals surface area contributed by atoms with Crippen LogP contribution in [-0.2, 0) is 4.74 Å².